The first-order valence-corrected chi connectivity index (χ1v) is 13.4. The molecule has 1 heterocycles. The fourth-order valence-corrected chi connectivity index (χ4v) is 9.43. The Kier molecular flexibility index (Phi) is 6.30. The number of nitriles is 1. The zero-order chi connectivity index (χ0) is 23.2. The summed E-state index contributed by atoms with van der Waals surface area (Å²) in [5.74, 6) is 6.57. The van der Waals surface area contributed by atoms with Crippen molar-refractivity contribution in [3.05, 3.63) is 137 Å². The summed E-state index contributed by atoms with van der Waals surface area (Å²) in [6.07, 6.45) is 8.02. The Balaban J connectivity index is 1.94. The van der Waals surface area contributed by atoms with Crippen molar-refractivity contribution in [3.8, 4) is 6.07 Å². The van der Waals surface area contributed by atoms with Gasteiger partial charge in [-0.1, -0.05) is 0 Å². The van der Waals surface area contributed by atoms with Crippen LogP contribution in [-0.4, -0.2) is 5.60 Å². The molecule has 2 nitrogen and oxygen atoms in total. The van der Waals surface area contributed by atoms with Crippen molar-refractivity contribution in [1.82, 2.24) is 0 Å². The first-order chi connectivity index (χ1) is 16.0. The zero-order valence-corrected chi connectivity index (χ0v) is 19.9. The van der Waals surface area contributed by atoms with E-state index in [1.54, 1.807) is 6.08 Å². The molecule has 0 spiro atoms. The molecule has 3 aromatic rings. The summed E-state index contributed by atoms with van der Waals surface area (Å²) < 4.78 is 6.88. The van der Waals surface area contributed by atoms with Crippen LogP contribution in [0, 0.1) is 11.3 Å². The predicted octanol–water partition coefficient (Wildman–Crippen LogP) is 8.68. The van der Waals surface area contributed by atoms with Crippen molar-refractivity contribution in [3.63, 3.8) is 0 Å². The summed E-state index contributed by atoms with van der Waals surface area (Å²) >= 11 is 0. The summed E-state index contributed by atoms with van der Waals surface area (Å²) in [5, 5.41) is 10.7. The second-order valence-electron chi connectivity index (χ2n) is 8.68. The van der Waals surface area contributed by atoms with Crippen molar-refractivity contribution in [2.75, 3.05) is 0 Å². The predicted molar refractivity (Wildman–Crippen MR) is 142 cm³/mol. The van der Waals surface area contributed by atoms with Gasteiger partial charge in [-0.2, -0.15) is 0 Å². The van der Waals surface area contributed by atoms with Crippen LogP contribution in [0.2, 0.25) is 0 Å². The average Bonchev–Trinajstić information content (AvgIpc) is 2.85. The zero-order valence-electron chi connectivity index (χ0n) is 19.0. The number of hydrogen-bond donors (Lipinski definition) is 0. The van der Waals surface area contributed by atoms with E-state index in [4.69, 9.17) is 4.52 Å². The van der Waals surface area contributed by atoms with Gasteiger partial charge in [-0.25, -0.2) is 0 Å². The van der Waals surface area contributed by atoms with Crippen LogP contribution >= 0.6 is 6.83 Å². The number of nitrogens with zero attached hydrogens (tertiary/aromatic N) is 1. The molecular weight excluding hydrogens is 421 g/mol. The van der Waals surface area contributed by atoms with Crippen LogP contribution in [0.4, 0.5) is 0 Å². The van der Waals surface area contributed by atoms with Crippen molar-refractivity contribution < 1.29 is 4.52 Å². The molecule has 0 aliphatic carbocycles. The van der Waals surface area contributed by atoms with Crippen LogP contribution < -0.4 is 0 Å². The van der Waals surface area contributed by atoms with Gasteiger partial charge in [0.05, 0.1) is 0 Å². The first kappa shape index (κ1) is 22.7. The third kappa shape index (κ3) is 4.67. The van der Waals surface area contributed by atoms with Gasteiger partial charge in [0, 0.05) is 0 Å². The quantitative estimate of drug-likeness (QED) is 0.278. The van der Waals surface area contributed by atoms with E-state index in [1.807, 2.05) is 68.4 Å². The van der Waals surface area contributed by atoms with E-state index in [2.05, 4.69) is 78.1 Å². The SMILES string of the molecule is CC1(C)OP(/C=C\c2ccccc2)(/C=C\c2ccccc2)(/C=C\c2ccccc2)/C1=C\C#N. The molecule has 1 aliphatic heterocycles. The van der Waals surface area contributed by atoms with Gasteiger partial charge in [-0.15, -0.1) is 0 Å². The first-order valence-electron chi connectivity index (χ1n) is 11.0. The fourth-order valence-electron chi connectivity index (χ4n) is 4.41. The molecule has 0 bridgehead atoms. The van der Waals surface area contributed by atoms with Crippen molar-refractivity contribution >= 4 is 25.1 Å². The molecule has 0 amide bonds. The van der Waals surface area contributed by atoms with Crippen LogP contribution in [-0.2, 0) is 4.52 Å². The van der Waals surface area contributed by atoms with E-state index >= 15 is 0 Å². The van der Waals surface area contributed by atoms with Crippen LogP contribution in [0.3, 0.4) is 0 Å². The molecule has 164 valence electrons. The van der Waals surface area contributed by atoms with Gasteiger partial charge in [-0.3, -0.25) is 0 Å². The van der Waals surface area contributed by atoms with Crippen molar-refractivity contribution in [2.24, 2.45) is 0 Å². The van der Waals surface area contributed by atoms with E-state index in [0.29, 0.717) is 0 Å². The summed E-state index contributed by atoms with van der Waals surface area (Å²) in [7, 11) is 0. The molecule has 0 aromatic heterocycles. The van der Waals surface area contributed by atoms with Gasteiger partial charge in [0.25, 0.3) is 0 Å². The Morgan fingerprint density at radius 3 is 1.33 bits per heavy atom. The van der Waals surface area contributed by atoms with Crippen LogP contribution in [0.5, 0.6) is 0 Å². The molecule has 1 aliphatic rings. The van der Waals surface area contributed by atoms with Crippen molar-refractivity contribution in [2.45, 2.75) is 19.4 Å². The maximum atomic E-state index is 9.70. The monoisotopic (exact) mass is 449 g/mol. The molecule has 0 atom stereocenters. The van der Waals surface area contributed by atoms with E-state index in [-0.39, 0.29) is 0 Å². The number of allylic oxidation sites excluding steroid dienone is 1. The number of hydrogen-bond acceptors (Lipinski definition) is 2. The Morgan fingerprint density at radius 1 is 0.667 bits per heavy atom. The molecule has 0 radical (unpaired) electrons. The molecule has 4 rings (SSSR count). The minimum atomic E-state index is -3.34. The Bertz CT molecular complexity index is 1140. The van der Waals surface area contributed by atoms with Gasteiger partial charge in [0.15, 0.2) is 0 Å². The molecule has 3 heteroatoms. The van der Waals surface area contributed by atoms with E-state index in [0.717, 1.165) is 22.0 Å². The van der Waals surface area contributed by atoms with Gasteiger partial charge >= 0.3 is 197 Å². The third-order valence-electron chi connectivity index (χ3n) is 5.89. The van der Waals surface area contributed by atoms with Gasteiger partial charge < -0.3 is 0 Å². The Morgan fingerprint density at radius 2 is 1.03 bits per heavy atom. The summed E-state index contributed by atoms with van der Waals surface area (Å²) in [4.78, 5) is 0. The Hall–Kier alpha value is -3.50. The fraction of sp³-hybridized carbons (Fsp3) is 0.100. The van der Waals surface area contributed by atoms with Crippen LogP contribution in [0.25, 0.3) is 18.2 Å². The summed E-state index contributed by atoms with van der Waals surface area (Å²) in [5.41, 5.74) is 2.74. The molecule has 1 fully saturated rings. The second-order valence-corrected chi connectivity index (χ2v) is 12.7. The third-order valence-corrected chi connectivity index (χ3v) is 10.7. The summed E-state index contributed by atoms with van der Waals surface area (Å²) in [6, 6.07) is 32.9. The normalized spacial score (nSPS) is 20.9. The molecule has 1 saturated heterocycles. The number of rotatable bonds is 6. The van der Waals surface area contributed by atoms with Gasteiger partial charge in [0.1, 0.15) is 0 Å². The van der Waals surface area contributed by atoms with E-state index < -0.39 is 12.4 Å². The van der Waals surface area contributed by atoms with Crippen LogP contribution in [0.15, 0.2) is 120 Å². The molecule has 0 N–H and O–H groups in total. The summed E-state index contributed by atoms with van der Waals surface area (Å²) in [6.45, 7) is 0.727. The van der Waals surface area contributed by atoms with E-state index in [1.165, 1.54) is 0 Å². The van der Waals surface area contributed by atoms with Crippen LogP contribution in [0.1, 0.15) is 30.5 Å². The molecular formula is C30H28NOP. The van der Waals surface area contributed by atoms with Crippen molar-refractivity contribution in [1.29, 1.82) is 5.26 Å². The molecule has 0 unspecified atom stereocenters. The second kappa shape index (κ2) is 9.16. The average molecular weight is 450 g/mol. The standard InChI is InChI=1S/C30H28NOP/c1-30(2)29(18-22-31)33(32-30,23-19-26-12-6-3-7-13-26,24-20-27-14-8-4-9-15-27)25-21-28-16-10-5-11-17-28/h3-21,23-25H,1-2H3/b23-19-,24-20-,25-21-,29-18-. The Labute approximate surface area is 196 Å². The number of benzene rings is 3. The molecule has 3 aromatic carbocycles. The minimum absolute atomic E-state index is 0.531. The van der Waals surface area contributed by atoms with Gasteiger partial charge in [0.2, 0.25) is 0 Å². The van der Waals surface area contributed by atoms with E-state index in [9.17, 15) is 5.26 Å². The molecule has 33 heavy (non-hydrogen) atoms. The molecule has 0 saturated carbocycles. The maximum absolute atomic E-state index is 9.70. The van der Waals surface area contributed by atoms with Gasteiger partial charge in [-0.05, 0) is 0 Å². The topological polar surface area (TPSA) is 33.0 Å².